The lowest BCUT2D eigenvalue weighted by atomic mass is 9.90. The van der Waals surface area contributed by atoms with Crippen molar-refractivity contribution >= 4 is 0 Å². The molecular weight excluding hydrogens is 188 g/mol. The van der Waals surface area contributed by atoms with Gasteiger partial charge in [0.25, 0.3) is 0 Å². The molecule has 0 unspecified atom stereocenters. The highest BCUT2D eigenvalue weighted by atomic mass is 16.3. The van der Waals surface area contributed by atoms with Crippen LogP contribution in [0, 0.1) is 16.7 Å². The zero-order valence-electron chi connectivity index (χ0n) is 9.40. The van der Waals surface area contributed by atoms with E-state index in [0.717, 1.165) is 25.1 Å². The molecule has 82 valence electrons. The largest absolute Gasteiger partial charge is 0.390 e. The topological polar surface area (TPSA) is 49.0 Å². The average Bonchev–Trinajstić information content (AvgIpc) is 2.65. The van der Waals surface area contributed by atoms with Crippen LogP contribution in [0.5, 0.6) is 0 Å². The molecule has 0 aromatic carbocycles. The van der Waals surface area contributed by atoms with E-state index in [9.17, 15) is 0 Å². The average molecular weight is 206 g/mol. The Balaban J connectivity index is 2.42. The molecule has 1 heterocycles. The zero-order valence-corrected chi connectivity index (χ0v) is 9.40. The van der Waals surface area contributed by atoms with E-state index in [1.54, 1.807) is 0 Å². The van der Waals surface area contributed by atoms with Crippen molar-refractivity contribution in [3.05, 3.63) is 24.0 Å². The van der Waals surface area contributed by atoms with Crippen LogP contribution in [0.25, 0.3) is 0 Å². The van der Waals surface area contributed by atoms with Gasteiger partial charge in [-0.15, -0.1) is 0 Å². The van der Waals surface area contributed by atoms with E-state index in [1.807, 2.05) is 36.7 Å². The lowest BCUT2D eigenvalue weighted by molar-refractivity contribution is 0.269. The van der Waals surface area contributed by atoms with Gasteiger partial charge in [-0.2, -0.15) is 5.26 Å². The number of aryl methyl sites for hydroxylation is 1. The normalized spacial score (nSPS) is 11.3. The molecule has 0 aliphatic rings. The van der Waals surface area contributed by atoms with Crippen molar-refractivity contribution in [2.75, 3.05) is 0 Å². The third-order valence-electron chi connectivity index (χ3n) is 2.59. The van der Waals surface area contributed by atoms with Crippen LogP contribution in [-0.2, 0) is 13.2 Å². The molecule has 0 radical (unpaired) electrons. The van der Waals surface area contributed by atoms with Crippen molar-refractivity contribution in [1.29, 1.82) is 5.26 Å². The number of nitriles is 1. The molecule has 0 amide bonds. The summed E-state index contributed by atoms with van der Waals surface area (Å²) in [6.45, 7) is 4.86. The fraction of sp³-hybridized carbons (Fsp3) is 0.583. The number of rotatable bonds is 5. The number of nitrogens with zero attached hydrogens (tertiary/aromatic N) is 2. The quantitative estimate of drug-likeness (QED) is 0.803. The molecule has 1 aromatic heterocycles. The van der Waals surface area contributed by atoms with E-state index in [1.165, 1.54) is 0 Å². The Kier molecular flexibility index (Phi) is 3.93. The Bertz CT molecular complexity index is 347. The van der Waals surface area contributed by atoms with Gasteiger partial charge in [-0.3, -0.25) is 0 Å². The summed E-state index contributed by atoms with van der Waals surface area (Å²) in [5.41, 5.74) is 0.691. The van der Waals surface area contributed by atoms with E-state index < -0.39 is 0 Å². The highest BCUT2D eigenvalue weighted by Gasteiger charge is 2.15. The van der Waals surface area contributed by atoms with Crippen molar-refractivity contribution in [1.82, 2.24) is 4.57 Å². The van der Waals surface area contributed by atoms with Crippen molar-refractivity contribution in [3.63, 3.8) is 0 Å². The Labute approximate surface area is 91.0 Å². The maximum Gasteiger partial charge on any atom is 0.0832 e. The smallest absolute Gasteiger partial charge is 0.0832 e. The predicted molar refractivity (Wildman–Crippen MR) is 59.0 cm³/mol. The molecule has 0 saturated carbocycles. The highest BCUT2D eigenvalue weighted by Crippen LogP contribution is 2.21. The predicted octanol–water partition coefficient (Wildman–Crippen LogP) is 2.31. The van der Waals surface area contributed by atoms with Gasteiger partial charge in [0.15, 0.2) is 0 Å². The van der Waals surface area contributed by atoms with Gasteiger partial charge in [0.1, 0.15) is 0 Å². The van der Waals surface area contributed by atoms with Crippen LogP contribution in [0.4, 0.5) is 0 Å². The van der Waals surface area contributed by atoms with Crippen molar-refractivity contribution in [2.24, 2.45) is 5.41 Å². The Morgan fingerprint density at radius 1 is 1.53 bits per heavy atom. The molecule has 0 bridgehead atoms. The maximum absolute atomic E-state index is 9.04. The van der Waals surface area contributed by atoms with Gasteiger partial charge >= 0.3 is 0 Å². The number of hydrogen-bond acceptors (Lipinski definition) is 2. The second kappa shape index (κ2) is 4.99. The molecule has 0 aliphatic heterocycles. The molecule has 1 rings (SSSR count). The maximum atomic E-state index is 9.04. The number of hydrogen-bond donors (Lipinski definition) is 1. The molecule has 15 heavy (non-hydrogen) atoms. The summed E-state index contributed by atoms with van der Waals surface area (Å²) >= 11 is 0. The van der Waals surface area contributed by atoms with Gasteiger partial charge in [-0.25, -0.2) is 0 Å². The van der Waals surface area contributed by atoms with Crippen LogP contribution in [0.1, 0.15) is 32.4 Å². The van der Waals surface area contributed by atoms with Gasteiger partial charge in [0.05, 0.1) is 18.1 Å². The van der Waals surface area contributed by atoms with Crippen molar-refractivity contribution < 1.29 is 5.11 Å². The first-order valence-corrected chi connectivity index (χ1v) is 5.25. The summed E-state index contributed by atoms with van der Waals surface area (Å²) in [5.74, 6) is 0. The van der Waals surface area contributed by atoms with Crippen LogP contribution >= 0.6 is 0 Å². The first-order chi connectivity index (χ1) is 7.09. The monoisotopic (exact) mass is 206 g/mol. The minimum atomic E-state index is -0.244. The molecule has 1 aromatic rings. The molecule has 0 spiro atoms. The second-order valence-electron chi connectivity index (χ2n) is 4.45. The molecule has 0 fully saturated rings. The Hall–Kier alpha value is -1.27. The van der Waals surface area contributed by atoms with E-state index in [0.29, 0.717) is 0 Å². The first-order valence-electron chi connectivity index (χ1n) is 5.25. The van der Waals surface area contributed by atoms with Crippen molar-refractivity contribution in [2.45, 2.75) is 39.8 Å². The lowest BCUT2D eigenvalue weighted by Crippen LogP contribution is -2.10. The summed E-state index contributed by atoms with van der Waals surface area (Å²) in [4.78, 5) is 0. The minimum Gasteiger partial charge on any atom is -0.390 e. The SMILES string of the molecule is CC(C)(C#N)CCCn1cccc1CO. The fourth-order valence-corrected chi connectivity index (χ4v) is 1.56. The minimum absolute atomic E-state index is 0.0780. The van der Waals surface area contributed by atoms with Gasteiger partial charge in [0.2, 0.25) is 0 Å². The Morgan fingerprint density at radius 3 is 2.87 bits per heavy atom. The van der Waals surface area contributed by atoms with Gasteiger partial charge in [-0.05, 0) is 38.8 Å². The van der Waals surface area contributed by atoms with Crippen LogP contribution < -0.4 is 0 Å². The van der Waals surface area contributed by atoms with Gasteiger partial charge in [-0.1, -0.05) is 0 Å². The lowest BCUT2D eigenvalue weighted by Gasteiger charge is -2.15. The summed E-state index contributed by atoms with van der Waals surface area (Å²) in [5, 5.41) is 17.9. The third-order valence-corrected chi connectivity index (χ3v) is 2.59. The molecule has 0 aliphatic carbocycles. The fourth-order valence-electron chi connectivity index (χ4n) is 1.56. The summed E-state index contributed by atoms with van der Waals surface area (Å²) < 4.78 is 2.04. The molecule has 0 atom stereocenters. The summed E-state index contributed by atoms with van der Waals surface area (Å²) in [7, 11) is 0. The molecular formula is C12H18N2O. The zero-order chi connectivity index (χ0) is 11.3. The third kappa shape index (κ3) is 3.41. The van der Waals surface area contributed by atoms with E-state index in [4.69, 9.17) is 10.4 Å². The second-order valence-corrected chi connectivity index (χ2v) is 4.45. The van der Waals surface area contributed by atoms with Crippen LogP contribution in [0.15, 0.2) is 18.3 Å². The molecule has 3 nitrogen and oxygen atoms in total. The Morgan fingerprint density at radius 2 is 2.27 bits per heavy atom. The van der Waals surface area contributed by atoms with E-state index in [2.05, 4.69) is 6.07 Å². The first kappa shape index (κ1) is 11.8. The summed E-state index contributed by atoms with van der Waals surface area (Å²) in [6, 6.07) is 6.14. The highest BCUT2D eigenvalue weighted by molar-refractivity contribution is 5.05. The standard InChI is InChI=1S/C12H18N2O/c1-12(2,10-13)6-4-8-14-7-3-5-11(14)9-15/h3,5,7,15H,4,6,8-9H2,1-2H3. The number of aliphatic hydroxyl groups excluding tert-OH is 1. The van der Waals surface area contributed by atoms with Crippen LogP contribution in [0.2, 0.25) is 0 Å². The van der Waals surface area contributed by atoms with Gasteiger partial charge < -0.3 is 9.67 Å². The number of aliphatic hydroxyl groups is 1. The van der Waals surface area contributed by atoms with Crippen LogP contribution in [0.3, 0.4) is 0 Å². The molecule has 3 heteroatoms. The van der Waals surface area contributed by atoms with Gasteiger partial charge in [0, 0.05) is 18.4 Å². The van der Waals surface area contributed by atoms with E-state index >= 15 is 0 Å². The number of aromatic nitrogens is 1. The van der Waals surface area contributed by atoms with E-state index in [-0.39, 0.29) is 12.0 Å². The van der Waals surface area contributed by atoms with Crippen molar-refractivity contribution in [3.8, 4) is 6.07 Å². The molecule has 0 saturated heterocycles. The molecule has 1 N–H and O–H groups in total. The summed E-state index contributed by atoms with van der Waals surface area (Å²) in [6.07, 6.45) is 3.81. The van der Waals surface area contributed by atoms with Crippen LogP contribution in [-0.4, -0.2) is 9.67 Å².